The smallest absolute Gasteiger partial charge is 0.386 e. The molecule has 2 aromatic heterocycles. The van der Waals surface area contributed by atoms with E-state index in [1.54, 1.807) is 29.2 Å². The molecule has 15 heteroatoms. The lowest BCUT2D eigenvalue weighted by Crippen LogP contribution is -2.57. The molecule has 4 aliphatic heterocycles. The zero-order chi connectivity index (χ0) is 38.9. The normalized spacial score (nSPS) is 23.0. The monoisotopic (exact) mass is 778 g/mol. The highest BCUT2D eigenvalue weighted by atomic mass is 35.5. The number of anilines is 1. The van der Waals surface area contributed by atoms with Crippen LogP contribution in [0.15, 0.2) is 54.7 Å². The van der Waals surface area contributed by atoms with Gasteiger partial charge < -0.3 is 25.2 Å². The summed E-state index contributed by atoms with van der Waals surface area (Å²) in [6.07, 6.45) is 9.42. The van der Waals surface area contributed by atoms with Crippen molar-refractivity contribution in [1.29, 1.82) is 0 Å². The van der Waals surface area contributed by atoms with E-state index in [2.05, 4.69) is 25.6 Å². The number of pyridine rings is 1. The zero-order valence-corrected chi connectivity index (χ0v) is 30.7. The maximum Gasteiger partial charge on any atom is 0.386 e. The molecule has 6 heterocycles. The third-order valence-electron chi connectivity index (χ3n) is 11.8. The fourth-order valence-electron chi connectivity index (χ4n) is 9.28. The Bertz CT molecular complexity index is 2530. The Hall–Kier alpha value is -5.74. The molecular weight excluding hydrogens is 745 g/mol. The van der Waals surface area contributed by atoms with E-state index in [4.69, 9.17) is 27.7 Å². The van der Waals surface area contributed by atoms with E-state index in [0.717, 1.165) is 19.4 Å². The minimum Gasteiger partial charge on any atom is -0.508 e. The van der Waals surface area contributed by atoms with Crippen molar-refractivity contribution in [1.82, 2.24) is 24.8 Å². The van der Waals surface area contributed by atoms with E-state index in [0.29, 0.717) is 60.7 Å². The van der Waals surface area contributed by atoms with Crippen molar-refractivity contribution in [3.05, 3.63) is 88.0 Å². The standard InChI is InChI=1S/C41H34ClF3N8O3/c1-2-29-32(44)11-6-23-14-28(54)15-30(33(23)29)36-34(45)37-31(17-47-36)38(49-40(48-37)56-21-41-12-3-13-52(41)18-25(43)16-41)51-19-26-9-10-27(20-51)53(26)39(55)35(50-46)22-4-7-24(42)8-5-22/h1,4-8,11,14-15,17,25-27,54H,3,9-10,12-13,16,18-21H2/t25-,26?,27?,41?/m1/s1. The Morgan fingerprint density at radius 2 is 1.88 bits per heavy atom. The van der Waals surface area contributed by atoms with Crippen molar-refractivity contribution in [2.75, 3.05) is 37.7 Å². The molecule has 0 radical (unpaired) electrons. The lowest BCUT2D eigenvalue weighted by atomic mass is 9.95. The molecule has 1 amide bonds. The van der Waals surface area contributed by atoms with Gasteiger partial charge in [-0.3, -0.25) is 14.7 Å². The van der Waals surface area contributed by atoms with Crippen molar-refractivity contribution in [2.45, 2.75) is 55.9 Å². The number of terminal acetylenes is 1. The second kappa shape index (κ2) is 13.8. The number of fused-ring (bicyclic) bond motifs is 5. The van der Waals surface area contributed by atoms with Gasteiger partial charge in [0.1, 0.15) is 41.4 Å². The summed E-state index contributed by atoms with van der Waals surface area (Å²) in [5, 5.41) is 12.0. The fraction of sp³-hybridized carbons (Fsp3) is 0.341. The molecule has 0 saturated carbocycles. The topological polar surface area (TPSA) is 131 Å². The molecule has 0 aliphatic carbocycles. The third-order valence-corrected chi connectivity index (χ3v) is 12.0. The Balaban J connectivity index is 1.12. The lowest BCUT2D eigenvalue weighted by Gasteiger charge is -2.41. The second-order valence-corrected chi connectivity index (χ2v) is 15.4. The van der Waals surface area contributed by atoms with Crippen LogP contribution >= 0.6 is 11.6 Å². The van der Waals surface area contributed by atoms with E-state index in [-0.39, 0.29) is 69.3 Å². The SMILES string of the molecule is C#Cc1c(F)ccc2cc(O)cc(-c3ncc4c(N5CC6CCC(C5)N6C(=O)C(=[N+]=[N-])c5ccc(Cl)cc5)nc(OCC56CCCN5C[C@H](F)C6)nc4c3F)c12. The Kier molecular flexibility index (Phi) is 8.84. The number of amides is 1. The molecule has 5 aromatic rings. The highest BCUT2D eigenvalue weighted by Gasteiger charge is 2.50. The first-order valence-electron chi connectivity index (χ1n) is 18.4. The van der Waals surface area contributed by atoms with Crippen LogP contribution in [0.1, 0.15) is 43.2 Å². The summed E-state index contributed by atoms with van der Waals surface area (Å²) < 4.78 is 53.0. The maximum absolute atomic E-state index is 17.1. The molecule has 2 bridgehead atoms. The largest absolute Gasteiger partial charge is 0.508 e. The number of carbonyl (C=O) groups excluding carboxylic acids is 1. The van der Waals surface area contributed by atoms with E-state index in [9.17, 15) is 24.2 Å². The molecule has 4 fully saturated rings. The van der Waals surface area contributed by atoms with Gasteiger partial charge in [0.25, 0.3) is 0 Å². The number of alkyl halides is 1. The minimum atomic E-state index is -0.988. The number of aromatic nitrogens is 3. The first kappa shape index (κ1) is 35.9. The van der Waals surface area contributed by atoms with Crippen molar-refractivity contribution in [3.8, 4) is 35.4 Å². The number of halogens is 4. The first-order valence-corrected chi connectivity index (χ1v) is 18.8. The Morgan fingerprint density at radius 1 is 1.11 bits per heavy atom. The number of hydrogen-bond acceptors (Lipinski definition) is 8. The quantitative estimate of drug-likeness (QED) is 0.0880. The van der Waals surface area contributed by atoms with Crippen LogP contribution < -0.4 is 9.64 Å². The van der Waals surface area contributed by atoms with E-state index >= 15 is 4.39 Å². The third kappa shape index (κ3) is 5.89. The molecule has 4 aliphatic rings. The summed E-state index contributed by atoms with van der Waals surface area (Å²) in [6.45, 7) is 1.78. The number of piperazine rings is 1. The molecular formula is C41H34ClF3N8O3. The highest BCUT2D eigenvalue weighted by molar-refractivity contribution is 6.43. The van der Waals surface area contributed by atoms with Gasteiger partial charge in [-0.05, 0) is 80.1 Å². The number of rotatable bonds is 7. The molecule has 3 unspecified atom stereocenters. The number of phenols is 1. The van der Waals surface area contributed by atoms with Gasteiger partial charge in [-0.1, -0.05) is 23.6 Å². The summed E-state index contributed by atoms with van der Waals surface area (Å²) in [7, 11) is 0. The summed E-state index contributed by atoms with van der Waals surface area (Å²) >= 11 is 6.05. The van der Waals surface area contributed by atoms with Gasteiger partial charge in [-0.2, -0.15) is 14.8 Å². The van der Waals surface area contributed by atoms with Crippen LogP contribution in [-0.2, 0) is 4.79 Å². The highest BCUT2D eigenvalue weighted by Crippen LogP contribution is 2.43. The minimum absolute atomic E-state index is 0.0714. The Morgan fingerprint density at radius 3 is 2.61 bits per heavy atom. The molecule has 4 saturated heterocycles. The van der Waals surface area contributed by atoms with Crippen molar-refractivity contribution in [3.63, 3.8) is 0 Å². The van der Waals surface area contributed by atoms with E-state index in [1.807, 2.05) is 4.90 Å². The fourth-order valence-corrected chi connectivity index (χ4v) is 9.40. The van der Waals surface area contributed by atoms with E-state index < -0.39 is 29.3 Å². The first-order chi connectivity index (χ1) is 27.1. The summed E-state index contributed by atoms with van der Waals surface area (Å²) in [5.41, 5.74) is 9.31. The Labute approximate surface area is 324 Å². The molecule has 9 rings (SSSR count). The van der Waals surface area contributed by atoms with Gasteiger partial charge in [-0.25, -0.2) is 13.2 Å². The molecule has 0 spiro atoms. The lowest BCUT2D eigenvalue weighted by molar-refractivity contribution is -0.131. The number of nitrogens with zero attached hydrogens (tertiary/aromatic N) is 8. The summed E-state index contributed by atoms with van der Waals surface area (Å²) in [4.78, 5) is 36.9. The van der Waals surface area contributed by atoms with Gasteiger partial charge in [0.05, 0.1) is 34.1 Å². The average Bonchev–Trinajstić information content (AvgIpc) is 3.81. The average molecular weight is 779 g/mol. The molecule has 4 atom stereocenters. The molecule has 1 N–H and O–H groups in total. The van der Waals surface area contributed by atoms with Crippen molar-refractivity contribution < 1.29 is 32.6 Å². The predicted octanol–water partition coefficient (Wildman–Crippen LogP) is 6.32. The van der Waals surface area contributed by atoms with Crippen LogP contribution in [0.2, 0.25) is 5.02 Å². The van der Waals surface area contributed by atoms with Gasteiger partial charge in [0, 0.05) is 48.2 Å². The van der Waals surface area contributed by atoms with Crippen LogP contribution in [0.25, 0.3) is 38.5 Å². The maximum atomic E-state index is 17.1. The van der Waals surface area contributed by atoms with Crippen LogP contribution in [-0.4, -0.2) is 103 Å². The number of aromatic hydroxyl groups is 1. The molecule has 284 valence electrons. The van der Waals surface area contributed by atoms with Gasteiger partial charge in [-0.15, -0.1) is 6.42 Å². The zero-order valence-electron chi connectivity index (χ0n) is 29.9. The van der Waals surface area contributed by atoms with Gasteiger partial charge >= 0.3 is 17.6 Å². The van der Waals surface area contributed by atoms with Gasteiger partial charge in [0.15, 0.2) is 5.82 Å². The van der Waals surface area contributed by atoms with Crippen LogP contribution in [0.3, 0.4) is 0 Å². The molecule has 3 aromatic carbocycles. The number of ether oxygens (including phenoxy) is 1. The van der Waals surface area contributed by atoms with E-state index in [1.165, 1.54) is 30.5 Å². The number of hydrogen-bond donors (Lipinski definition) is 1. The number of carbonyl (C=O) groups is 1. The molecule has 56 heavy (non-hydrogen) atoms. The van der Waals surface area contributed by atoms with Crippen molar-refractivity contribution >= 4 is 50.7 Å². The number of benzene rings is 3. The van der Waals surface area contributed by atoms with Gasteiger partial charge in [0.2, 0.25) is 0 Å². The van der Waals surface area contributed by atoms with Crippen LogP contribution in [0.4, 0.5) is 19.0 Å². The van der Waals surface area contributed by atoms with Crippen molar-refractivity contribution in [2.24, 2.45) is 0 Å². The number of phenolic OH excluding ortho intramolecular Hbond substituents is 1. The second-order valence-electron chi connectivity index (χ2n) is 15.0. The molecule has 11 nitrogen and oxygen atoms in total. The van der Waals surface area contributed by atoms with Crippen LogP contribution in [0, 0.1) is 24.0 Å². The summed E-state index contributed by atoms with van der Waals surface area (Å²) in [5.74, 6) is 0.490. The van der Waals surface area contributed by atoms with Crippen LogP contribution in [0.5, 0.6) is 11.8 Å². The predicted molar refractivity (Wildman–Crippen MR) is 203 cm³/mol. The summed E-state index contributed by atoms with van der Waals surface area (Å²) in [6, 6.07) is 11.0.